The van der Waals surface area contributed by atoms with Crippen LogP contribution < -0.4 is 10.8 Å². The van der Waals surface area contributed by atoms with Crippen LogP contribution >= 0.6 is 0 Å². The fraction of sp³-hybridized carbons (Fsp3) is 0.0667. The molecule has 0 saturated carbocycles. The Kier molecular flexibility index (Phi) is 3.88. The molecule has 0 saturated heterocycles. The van der Waals surface area contributed by atoms with Crippen LogP contribution in [0.15, 0.2) is 49.1 Å². The minimum Gasteiger partial charge on any atom is -0.339 e. The first-order chi connectivity index (χ1) is 10.8. The van der Waals surface area contributed by atoms with Crippen LogP contribution in [0.3, 0.4) is 0 Å². The summed E-state index contributed by atoms with van der Waals surface area (Å²) in [5, 5.41) is 4.10. The highest BCUT2D eigenvalue weighted by molar-refractivity contribution is 5.98. The molecule has 0 aliphatic heterocycles. The summed E-state index contributed by atoms with van der Waals surface area (Å²) in [7, 11) is 1.37. The lowest BCUT2D eigenvalue weighted by Crippen LogP contribution is -2.23. The van der Waals surface area contributed by atoms with Gasteiger partial charge in [0.2, 0.25) is 0 Å². The summed E-state index contributed by atoms with van der Waals surface area (Å²) in [6.07, 6.45) is 4.54. The van der Waals surface area contributed by atoms with Gasteiger partial charge in [-0.25, -0.2) is 15.4 Å². The van der Waals surface area contributed by atoms with Gasteiger partial charge in [-0.05, 0) is 24.3 Å². The zero-order valence-electron chi connectivity index (χ0n) is 11.8. The number of aromatic nitrogens is 3. The van der Waals surface area contributed by atoms with Crippen LogP contribution in [0.2, 0.25) is 0 Å². The number of nitrogens with zero attached hydrogens (tertiary/aromatic N) is 3. The number of hydroxylamine groups is 1. The molecule has 0 atom stereocenters. The Balaban J connectivity index is 1.93. The smallest absolute Gasteiger partial charge is 0.280 e. The number of anilines is 2. The van der Waals surface area contributed by atoms with Gasteiger partial charge >= 0.3 is 0 Å². The number of carbonyl (C=O) groups excluding carboxylic acids is 1. The van der Waals surface area contributed by atoms with Gasteiger partial charge in [0, 0.05) is 23.5 Å². The molecule has 3 rings (SSSR count). The first-order valence-electron chi connectivity index (χ1n) is 6.53. The average molecular weight is 295 g/mol. The van der Waals surface area contributed by atoms with Gasteiger partial charge in [0.05, 0.1) is 12.6 Å². The molecule has 3 aromatic rings. The Bertz CT molecular complexity index is 822. The minimum absolute atomic E-state index is 0.288. The summed E-state index contributed by atoms with van der Waals surface area (Å²) >= 11 is 0. The van der Waals surface area contributed by atoms with Gasteiger partial charge in [0.15, 0.2) is 0 Å². The van der Waals surface area contributed by atoms with E-state index in [0.29, 0.717) is 5.82 Å². The van der Waals surface area contributed by atoms with Crippen molar-refractivity contribution in [2.75, 3.05) is 12.4 Å². The Morgan fingerprint density at radius 3 is 3.00 bits per heavy atom. The number of hydrogen-bond acceptors (Lipinski definition) is 6. The molecule has 0 aliphatic carbocycles. The molecule has 0 fully saturated rings. The largest absolute Gasteiger partial charge is 0.339 e. The van der Waals surface area contributed by atoms with Crippen LogP contribution in [0, 0.1) is 0 Å². The average Bonchev–Trinajstić information content (AvgIpc) is 2.55. The van der Waals surface area contributed by atoms with Crippen molar-refractivity contribution in [3.63, 3.8) is 0 Å². The van der Waals surface area contributed by atoms with E-state index < -0.39 is 5.91 Å². The number of benzene rings is 1. The van der Waals surface area contributed by atoms with Gasteiger partial charge in [-0.2, -0.15) is 0 Å². The van der Waals surface area contributed by atoms with Crippen molar-refractivity contribution in [3.8, 4) is 0 Å². The summed E-state index contributed by atoms with van der Waals surface area (Å²) in [5.41, 5.74) is 4.23. The van der Waals surface area contributed by atoms with Gasteiger partial charge in [0.25, 0.3) is 5.91 Å². The molecule has 0 aliphatic rings. The number of fused-ring (bicyclic) bond motifs is 1. The van der Waals surface area contributed by atoms with E-state index in [4.69, 9.17) is 0 Å². The van der Waals surface area contributed by atoms with Crippen LogP contribution in [0.4, 0.5) is 11.5 Å². The second-order valence-corrected chi connectivity index (χ2v) is 4.46. The standard InChI is InChI=1S/C15H13N5O2/c1-22-20-15(21)12-8-16-9-18-14(12)19-11-4-5-13-10(7-11)3-2-6-17-13/h2-9H,1H3,(H,20,21)(H,16,18,19). The predicted molar refractivity (Wildman–Crippen MR) is 81.5 cm³/mol. The van der Waals surface area contributed by atoms with Crippen molar-refractivity contribution in [3.05, 3.63) is 54.6 Å². The molecule has 2 N–H and O–H groups in total. The molecule has 0 bridgehead atoms. The van der Waals surface area contributed by atoms with Gasteiger partial charge in [0.1, 0.15) is 17.7 Å². The monoisotopic (exact) mass is 295 g/mol. The molecular formula is C15H13N5O2. The Labute approximate surface area is 126 Å². The molecule has 0 unspecified atom stereocenters. The lowest BCUT2D eigenvalue weighted by molar-refractivity contribution is 0.0538. The minimum atomic E-state index is -0.423. The second kappa shape index (κ2) is 6.15. The maximum absolute atomic E-state index is 11.9. The first-order valence-corrected chi connectivity index (χ1v) is 6.53. The maximum atomic E-state index is 11.9. The third-order valence-electron chi connectivity index (χ3n) is 3.02. The van der Waals surface area contributed by atoms with Gasteiger partial charge < -0.3 is 5.32 Å². The van der Waals surface area contributed by atoms with Gasteiger partial charge in [-0.3, -0.25) is 14.6 Å². The highest BCUT2D eigenvalue weighted by Gasteiger charge is 2.13. The van der Waals surface area contributed by atoms with Crippen LogP contribution in [-0.4, -0.2) is 28.0 Å². The van der Waals surface area contributed by atoms with Crippen molar-refractivity contribution in [2.24, 2.45) is 0 Å². The van der Waals surface area contributed by atoms with Crippen molar-refractivity contribution < 1.29 is 9.63 Å². The molecule has 22 heavy (non-hydrogen) atoms. The fourth-order valence-corrected chi connectivity index (χ4v) is 2.03. The van der Waals surface area contributed by atoms with Crippen LogP contribution in [0.1, 0.15) is 10.4 Å². The topological polar surface area (TPSA) is 89.0 Å². The Morgan fingerprint density at radius 2 is 2.14 bits per heavy atom. The normalized spacial score (nSPS) is 10.4. The van der Waals surface area contributed by atoms with Gasteiger partial charge in [-0.15, -0.1) is 0 Å². The van der Waals surface area contributed by atoms with Crippen molar-refractivity contribution in [1.82, 2.24) is 20.4 Å². The second-order valence-electron chi connectivity index (χ2n) is 4.46. The van der Waals surface area contributed by atoms with Crippen LogP contribution in [0.25, 0.3) is 10.9 Å². The molecule has 2 heterocycles. The zero-order valence-corrected chi connectivity index (χ0v) is 11.8. The SMILES string of the molecule is CONC(=O)c1cncnc1Nc1ccc2ncccc2c1. The zero-order chi connectivity index (χ0) is 15.4. The predicted octanol–water partition coefficient (Wildman–Crippen LogP) is 2.06. The van der Waals surface area contributed by atoms with E-state index in [-0.39, 0.29) is 5.56 Å². The van der Waals surface area contributed by atoms with Crippen molar-refractivity contribution >= 4 is 28.3 Å². The third kappa shape index (κ3) is 2.84. The summed E-state index contributed by atoms with van der Waals surface area (Å²) in [6, 6.07) is 9.53. The molecule has 7 heteroatoms. The molecule has 110 valence electrons. The summed E-state index contributed by atoms with van der Waals surface area (Å²) in [4.78, 5) is 28.8. The number of carbonyl (C=O) groups is 1. The van der Waals surface area contributed by atoms with E-state index in [1.807, 2.05) is 30.3 Å². The quantitative estimate of drug-likeness (QED) is 0.716. The highest BCUT2D eigenvalue weighted by atomic mass is 16.6. The summed E-state index contributed by atoms with van der Waals surface area (Å²) < 4.78 is 0. The van der Waals surface area contributed by atoms with Crippen molar-refractivity contribution in [2.45, 2.75) is 0 Å². The van der Waals surface area contributed by atoms with E-state index in [1.165, 1.54) is 19.6 Å². The van der Waals surface area contributed by atoms with Crippen molar-refractivity contribution in [1.29, 1.82) is 0 Å². The van der Waals surface area contributed by atoms with E-state index in [2.05, 4.69) is 30.6 Å². The van der Waals surface area contributed by atoms with Crippen LogP contribution in [-0.2, 0) is 4.84 Å². The molecule has 7 nitrogen and oxygen atoms in total. The Morgan fingerprint density at radius 1 is 1.23 bits per heavy atom. The first kappa shape index (κ1) is 13.9. The molecular weight excluding hydrogens is 282 g/mol. The molecule has 1 aromatic carbocycles. The number of pyridine rings is 1. The molecule has 2 aromatic heterocycles. The lowest BCUT2D eigenvalue weighted by Gasteiger charge is -2.10. The van der Waals surface area contributed by atoms with Gasteiger partial charge in [-0.1, -0.05) is 6.07 Å². The van der Waals surface area contributed by atoms with E-state index in [9.17, 15) is 4.79 Å². The number of nitrogens with one attached hydrogen (secondary N) is 2. The molecule has 0 radical (unpaired) electrons. The number of hydrogen-bond donors (Lipinski definition) is 2. The molecule has 1 amide bonds. The summed E-state index contributed by atoms with van der Waals surface area (Å²) in [5.74, 6) is -0.0270. The number of amides is 1. The molecule has 0 spiro atoms. The Hall–Kier alpha value is -3.06. The fourth-order valence-electron chi connectivity index (χ4n) is 2.03. The summed E-state index contributed by atoms with van der Waals surface area (Å²) in [6.45, 7) is 0. The van der Waals surface area contributed by atoms with E-state index >= 15 is 0 Å². The third-order valence-corrected chi connectivity index (χ3v) is 3.02. The maximum Gasteiger partial charge on any atom is 0.280 e. The van der Waals surface area contributed by atoms with Crippen LogP contribution in [0.5, 0.6) is 0 Å². The van der Waals surface area contributed by atoms with E-state index in [1.54, 1.807) is 6.20 Å². The number of rotatable bonds is 4. The lowest BCUT2D eigenvalue weighted by atomic mass is 10.2. The highest BCUT2D eigenvalue weighted by Crippen LogP contribution is 2.21. The van der Waals surface area contributed by atoms with E-state index in [0.717, 1.165) is 16.6 Å².